The van der Waals surface area contributed by atoms with Gasteiger partial charge < -0.3 is 15.0 Å². The molecule has 7 rings (SSSR count). The molecule has 0 radical (unpaired) electrons. The lowest BCUT2D eigenvalue weighted by Crippen LogP contribution is -2.37. The topological polar surface area (TPSA) is 86.8 Å². The number of fused-ring (bicyclic) bond motifs is 3. The third-order valence-electron chi connectivity index (χ3n) is 8.98. The van der Waals surface area contributed by atoms with Crippen LogP contribution in [0.5, 0.6) is 0 Å². The van der Waals surface area contributed by atoms with Gasteiger partial charge in [-0.3, -0.25) is 15.0 Å². The number of hydrogen-bond acceptors (Lipinski definition) is 5. The first-order valence-corrected chi connectivity index (χ1v) is 14.5. The number of nitrogens with zero attached hydrogens (tertiary/aromatic N) is 3. The number of anilines is 2. The second-order valence-corrected chi connectivity index (χ2v) is 11.7. The van der Waals surface area contributed by atoms with Crippen LogP contribution >= 0.6 is 0 Å². The number of likely N-dealkylation sites (tertiary alicyclic amines) is 1. The molecule has 2 unspecified atom stereocenters. The van der Waals surface area contributed by atoms with Crippen molar-refractivity contribution < 1.29 is 14.3 Å². The van der Waals surface area contributed by atoms with Crippen molar-refractivity contribution in [2.75, 3.05) is 30.3 Å². The van der Waals surface area contributed by atoms with E-state index in [-0.39, 0.29) is 17.5 Å². The molecule has 2 N–H and O–H groups in total. The number of nitrogens with one attached hydrogen (secondary N) is 2. The molecule has 1 saturated carbocycles. The van der Waals surface area contributed by atoms with Gasteiger partial charge in [0, 0.05) is 30.4 Å². The normalized spacial score (nSPS) is 23.3. The molecule has 3 aliphatic heterocycles. The van der Waals surface area contributed by atoms with Crippen molar-refractivity contribution >= 4 is 23.4 Å². The first-order chi connectivity index (χ1) is 19.6. The van der Waals surface area contributed by atoms with Crippen molar-refractivity contribution in [3.8, 4) is 0 Å². The summed E-state index contributed by atoms with van der Waals surface area (Å²) < 4.78 is 6.59. The highest BCUT2D eigenvalue weighted by atomic mass is 16.5. The van der Waals surface area contributed by atoms with E-state index < -0.39 is 6.23 Å². The van der Waals surface area contributed by atoms with E-state index in [9.17, 15) is 9.59 Å². The van der Waals surface area contributed by atoms with E-state index in [0.29, 0.717) is 29.5 Å². The Morgan fingerprint density at radius 2 is 1.88 bits per heavy atom. The average Bonchev–Trinajstić information content (AvgIpc) is 3.65. The lowest BCUT2D eigenvalue weighted by molar-refractivity contribution is -0.0694. The maximum Gasteiger partial charge on any atom is 0.324 e. The second-order valence-electron chi connectivity index (χ2n) is 11.7. The van der Waals surface area contributed by atoms with Crippen LogP contribution < -0.4 is 10.6 Å². The number of ether oxygens (including phenoxy) is 1. The molecular weight excluding hydrogens is 502 g/mol. The predicted molar refractivity (Wildman–Crippen MR) is 153 cm³/mol. The molecule has 3 aromatic rings. The van der Waals surface area contributed by atoms with E-state index >= 15 is 0 Å². The fraction of sp³-hybridized carbons (Fsp3) is 0.406. The molecule has 40 heavy (non-hydrogen) atoms. The van der Waals surface area contributed by atoms with Crippen LogP contribution in [-0.4, -0.2) is 52.0 Å². The molecule has 2 saturated heterocycles. The summed E-state index contributed by atoms with van der Waals surface area (Å²) in [5.41, 5.74) is 4.22. The highest BCUT2D eigenvalue weighted by Gasteiger charge is 2.53. The second kappa shape index (κ2) is 10.3. The number of carbonyl (C=O) groups is 2. The molecule has 8 nitrogen and oxygen atoms in total. The van der Waals surface area contributed by atoms with Crippen LogP contribution in [0.4, 0.5) is 16.3 Å². The Bertz CT molecular complexity index is 1420. The van der Waals surface area contributed by atoms with Crippen LogP contribution in [-0.2, 0) is 11.3 Å². The largest absolute Gasteiger partial charge is 0.346 e. The molecule has 1 spiro atoms. The number of rotatable bonds is 5. The van der Waals surface area contributed by atoms with Gasteiger partial charge in [-0.2, -0.15) is 0 Å². The molecule has 1 aliphatic carbocycles. The summed E-state index contributed by atoms with van der Waals surface area (Å²) in [4.78, 5) is 35.1. The van der Waals surface area contributed by atoms with Crippen LogP contribution in [0, 0.1) is 0 Å². The molecule has 8 heteroatoms. The molecule has 206 valence electrons. The van der Waals surface area contributed by atoms with E-state index in [1.165, 1.54) is 17.5 Å². The maximum absolute atomic E-state index is 13.2. The Balaban J connectivity index is 1.02. The lowest BCUT2D eigenvalue weighted by atomic mass is 9.85. The summed E-state index contributed by atoms with van der Waals surface area (Å²) in [6.45, 7) is 3.60. The van der Waals surface area contributed by atoms with E-state index in [0.717, 1.165) is 57.3 Å². The van der Waals surface area contributed by atoms with Crippen LogP contribution in [0.2, 0.25) is 0 Å². The van der Waals surface area contributed by atoms with Crippen LogP contribution in [0.1, 0.15) is 77.7 Å². The molecule has 3 amide bonds. The van der Waals surface area contributed by atoms with Gasteiger partial charge in [-0.05, 0) is 67.1 Å². The Morgan fingerprint density at radius 1 is 1.02 bits per heavy atom. The average molecular weight is 538 g/mol. The van der Waals surface area contributed by atoms with Gasteiger partial charge in [-0.1, -0.05) is 55.7 Å². The van der Waals surface area contributed by atoms with Gasteiger partial charge in [-0.15, -0.1) is 0 Å². The van der Waals surface area contributed by atoms with Gasteiger partial charge in [0.15, 0.2) is 6.23 Å². The molecule has 1 aromatic heterocycles. The molecule has 3 fully saturated rings. The minimum atomic E-state index is -0.445. The smallest absolute Gasteiger partial charge is 0.324 e. The van der Waals surface area contributed by atoms with Crippen molar-refractivity contribution in [3.63, 3.8) is 0 Å². The van der Waals surface area contributed by atoms with Gasteiger partial charge in [0.05, 0.1) is 17.8 Å². The first-order valence-electron chi connectivity index (χ1n) is 14.5. The summed E-state index contributed by atoms with van der Waals surface area (Å²) in [7, 11) is 0. The van der Waals surface area contributed by atoms with E-state index in [1.807, 2.05) is 41.3 Å². The van der Waals surface area contributed by atoms with Crippen molar-refractivity contribution in [1.82, 2.24) is 14.8 Å². The zero-order chi connectivity index (χ0) is 27.1. The number of pyridine rings is 1. The van der Waals surface area contributed by atoms with Gasteiger partial charge in [-0.25, -0.2) is 9.78 Å². The molecular formula is C32H35N5O3. The molecule has 2 atom stereocenters. The predicted octanol–water partition coefficient (Wildman–Crippen LogP) is 5.90. The zero-order valence-corrected chi connectivity index (χ0v) is 22.6. The van der Waals surface area contributed by atoms with Crippen LogP contribution in [0.3, 0.4) is 0 Å². The summed E-state index contributed by atoms with van der Waals surface area (Å²) in [6.07, 6.45) is 7.82. The van der Waals surface area contributed by atoms with Crippen LogP contribution in [0.15, 0.2) is 66.9 Å². The highest BCUT2D eigenvalue weighted by molar-refractivity contribution is 6.05. The van der Waals surface area contributed by atoms with Crippen molar-refractivity contribution in [2.24, 2.45) is 0 Å². The molecule has 4 aliphatic rings. The number of benzene rings is 2. The van der Waals surface area contributed by atoms with Crippen molar-refractivity contribution in [3.05, 3.63) is 89.1 Å². The Labute approximate surface area is 234 Å². The fourth-order valence-corrected chi connectivity index (χ4v) is 7.01. The molecule has 2 aromatic carbocycles. The number of carbonyl (C=O) groups excluding carboxylic acids is 2. The van der Waals surface area contributed by atoms with Crippen LogP contribution in [0.25, 0.3) is 0 Å². The van der Waals surface area contributed by atoms with Crippen molar-refractivity contribution in [2.45, 2.75) is 62.8 Å². The van der Waals surface area contributed by atoms with E-state index in [2.05, 4.69) is 44.8 Å². The van der Waals surface area contributed by atoms with Gasteiger partial charge in [0.25, 0.3) is 5.91 Å². The fourth-order valence-electron chi connectivity index (χ4n) is 7.01. The summed E-state index contributed by atoms with van der Waals surface area (Å²) in [5, 5.41) is 5.89. The Hall–Kier alpha value is -3.75. The lowest BCUT2D eigenvalue weighted by Gasteiger charge is -2.32. The summed E-state index contributed by atoms with van der Waals surface area (Å²) in [6, 6.07) is 19.7. The quantitative estimate of drug-likeness (QED) is 0.423. The highest BCUT2D eigenvalue weighted by Crippen LogP contribution is 2.50. The van der Waals surface area contributed by atoms with E-state index in [1.54, 1.807) is 6.20 Å². The minimum Gasteiger partial charge on any atom is -0.346 e. The Morgan fingerprint density at radius 3 is 2.73 bits per heavy atom. The Kier molecular flexibility index (Phi) is 6.52. The number of urea groups is 1. The minimum absolute atomic E-state index is 0.0150. The first kappa shape index (κ1) is 25.2. The molecule has 0 bridgehead atoms. The monoisotopic (exact) mass is 537 g/mol. The van der Waals surface area contributed by atoms with Gasteiger partial charge in [0.1, 0.15) is 5.82 Å². The van der Waals surface area contributed by atoms with Gasteiger partial charge in [0.2, 0.25) is 0 Å². The third-order valence-corrected chi connectivity index (χ3v) is 8.98. The standard InChI is InChI=1S/C32H35N5O3/c38-29-25-10-7-11-26(28(25)30-37(29)21-32(40-30)14-5-2-6-15-32)34-31(39)35-27-18-23(12-16-33-27)24-13-17-36(20-24)19-22-8-3-1-4-9-22/h1,3-4,7-12,16,18,24,30H,2,5-6,13-15,17,19-21H2,(H2,33,34,35,39). The summed E-state index contributed by atoms with van der Waals surface area (Å²) >= 11 is 0. The number of aromatic nitrogens is 1. The maximum atomic E-state index is 13.2. The number of amides is 3. The zero-order valence-electron chi connectivity index (χ0n) is 22.6. The van der Waals surface area contributed by atoms with Gasteiger partial charge >= 0.3 is 6.03 Å². The third kappa shape index (κ3) is 4.75. The summed E-state index contributed by atoms with van der Waals surface area (Å²) in [5.74, 6) is 0.898. The SMILES string of the molecule is O=C(Nc1cc(C2CCN(Cc3ccccc3)C2)ccn1)Nc1cccc2c1C1OC3(CCCCC3)CN1C2=O. The number of hydrogen-bond donors (Lipinski definition) is 2. The van der Waals surface area contributed by atoms with Crippen molar-refractivity contribution in [1.29, 1.82) is 0 Å². The van der Waals surface area contributed by atoms with E-state index in [4.69, 9.17) is 4.74 Å². The molecule has 4 heterocycles.